The van der Waals surface area contributed by atoms with Gasteiger partial charge in [0, 0.05) is 0 Å². The van der Waals surface area contributed by atoms with Gasteiger partial charge in [0.2, 0.25) is 4.58 Å². The lowest BCUT2D eigenvalue weighted by Gasteiger charge is -2.06. The summed E-state index contributed by atoms with van der Waals surface area (Å²) < 4.78 is 45.4. The van der Waals surface area contributed by atoms with Crippen LogP contribution in [0.5, 0.6) is 0 Å². The van der Waals surface area contributed by atoms with E-state index in [1.165, 1.54) is 0 Å². The predicted molar refractivity (Wildman–Crippen MR) is 34.7 cm³/mol. The number of hydrogen-bond acceptors (Lipinski definition) is 8. The SMILES string of the molecule is CC(S(=O)(=O)OO)S(=O)(=O)OO. The van der Waals surface area contributed by atoms with Gasteiger partial charge in [-0.05, 0) is 6.92 Å². The lowest BCUT2D eigenvalue weighted by atomic mass is 11.0. The molecule has 0 aliphatic carbocycles. The maximum Gasteiger partial charge on any atom is 0.313 e. The number of rotatable bonds is 4. The van der Waals surface area contributed by atoms with Gasteiger partial charge in [0.15, 0.2) is 0 Å². The molecule has 0 spiro atoms. The third kappa shape index (κ3) is 2.36. The molecule has 0 fully saturated rings. The van der Waals surface area contributed by atoms with E-state index in [4.69, 9.17) is 10.5 Å². The molecule has 0 aromatic heterocycles. The zero-order valence-corrected chi connectivity index (χ0v) is 7.37. The van der Waals surface area contributed by atoms with Crippen LogP contribution in [0, 0.1) is 0 Å². The fraction of sp³-hybridized carbons (Fsp3) is 1.00. The van der Waals surface area contributed by atoms with Crippen LogP contribution in [0.3, 0.4) is 0 Å². The van der Waals surface area contributed by atoms with Crippen LogP contribution in [0.25, 0.3) is 0 Å². The normalized spacial score (nSPS) is 13.7. The van der Waals surface area contributed by atoms with Crippen molar-refractivity contribution in [1.29, 1.82) is 0 Å². The summed E-state index contributed by atoms with van der Waals surface area (Å²) in [6.07, 6.45) is 0. The molecule has 0 bridgehead atoms. The van der Waals surface area contributed by atoms with Gasteiger partial charge in [0.25, 0.3) is 0 Å². The first-order valence-corrected chi connectivity index (χ1v) is 5.36. The topological polar surface area (TPSA) is 127 Å². The van der Waals surface area contributed by atoms with Crippen LogP contribution in [-0.4, -0.2) is 31.9 Å². The van der Waals surface area contributed by atoms with Crippen LogP contribution in [0.2, 0.25) is 0 Å². The molecule has 0 saturated carbocycles. The Balaban J connectivity index is 5.00. The molecule has 0 radical (unpaired) electrons. The summed E-state index contributed by atoms with van der Waals surface area (Å²) in [5.41, 5.74) is 0. The van der Waals surface area contributed by atoms with Crippen molar-refractivity contribution in [3.8, 4) is 0 Å². The Morgan fingerprint density at radius 2 is 1.25 bits per heavy atom. The molecule has 10 heteroatoms. The van der Waals surface area contributed by atoms with Gasteiger partial charge in [0.1, 0.15) is 0 Å². The summed E-state index contributed by atoms with van der Waals surface area (Å²) >= 11 is 0. The average Bonchev–Trinajstić information content (AvgIpc) is 2.03. The summed E-state index contributed by atoms with van der Waals surface area (Å²) in [7, 11) is -9.37. The molecule has 0 saturated heterocycles. The highest BCUT2D eigenvalue weighted by Gasteiger charge is 2.36. The summed E-state index contributed by atoms with van der Waals surface area (Å²) in [6, 6.07) is 0. The van der Waals surface area contributed by atoms with E-state index in [1.54, 1.807) is 0 Å². The standard InChI is InChI=1S/C2H6O8S2/c1-2(11(5,6)9-3)12(7,8)10-4/h2-4H,1H3. The second-order valence-electron chi connectivity index (χ2n) is 1.70. The van der Waals surface area contributed by atoms with Crippen molar-refractivity contribution in [2.24, 2.45) is 0 Å². The van der Waals surface area contributed by atoms with Gasteiger partial charge in [-0.3, -0.25) is 0 Å². The van der Waals surface area contributed by atoms with Crippen molar-refractivity contribution < 1.29 is 36.0 Å². The highest BCUT2D eigenvalue weighted by molar-refractivity contribution is 8.04. The van der Waals surface area contributed by atoms with E-state index in [2.05, 4.69) is 8.67 Å². The quantitative estimate of drug-likeness (QED) is 0.456. The summed E-state index contributed by atoms with van der Waals surface area (Å²) in [4.78, 5) is 0. The van der Waals surface area contributed by atoms with E-state index >= 15 is 0 Å². The lowest BCUT2D eigenvalue weighted by Crippen LogP contribution is -2.29. The predicted octanol–water partition coefficient (Wildman–Crippen LogP) is -1.03. The first kappa shape index (κ1) is 11.7. The molecule has 74 valence electrons. The average molecular weight is 222 g/mol. The summed E-state index contributed by atoms with van der Waals surface area (Å²) in [5.74, 6) is 0. The Hall–Kier alpha value is -0.260. The van der Waals surface area contributed by atoms with Crippen molar-refractivity contribution in [3.63, 3.8) is 0 Å². The minimum atomic E-state index is -4.69. The maximum absolute atomic E-state index is 10.5. The molecule has 12 heavy (non-hydrogen) atoms. The van der Waals surface area contributed by atoms with Gasteiger partial charge >= 0.3 is 20.2 Å². The van der Waals surface area contributed by atoms with Crippen molar-refractivity contribution in [2.45, 2.75) is 11.5 Å². The Labute approximate surface area is 68.4 Å². The van der Waals surface area contributed by atoms with E-state index in [1.807, 2.05) is 0 Å². The van der Waals surface area contributed by atoms with Gasteiger partial charge in [-0.15, -0.1) is 8.67 Å². The molecule has 0 amide bonds. The van der Waals surface area contributed by atoms with Crippen molar-refractivity contribution >= 4 is 20.2 Å². The fourth-order valence-corrected chi connectivity index (χ4v) is 1.87. The molecular formula is C2H6O8S2. The van der Waals surface area contributed by atoms with E-state index in [9.17, 15) is 16.8 Å². The van der Waals surface area contributed by atoms with Crippen LogP contribution < -0.4 is 0 Å². The molecule has 2 N–H and O–H groups in total. The van der Waals surface area contributed by atoms with Gasteiger partial charge in [-0.1, -0.05) is 0 Å². The minimum absolute atomic E-state index is 0.650. The molecule has 0 unspecified atom stereocenters. The first-order valence-electron chi connectivity index (χ1n) is 2.41. The van der Waals surface area contributed by atoms with E-state index in [-0.39, 0.29) is 0 Å². The fourth-order valence-electron chi connectivity index (χ4n) is 0.266. The number of hydrogen-bond donors (Lipinski definition) is 2. The molecule has 0 atom stereocenters. The zero-order chi connectivity index (χ0) is 9.99. The monoisotopic (exact) mass is 222 g/mol. The van der Waals surface area contributed by atoms with Crippen LogP contribution in [0.1, 0.15) is 6.92 Å². The van der Waals surface area contributed by atoms with Crippen LogP contribution in [-0.2, 0) is 28.9 Å². The molecule has 0 aliphatic heterocycles. The molecule has 0 aromatic rings. The Morgan fingerprint density at radius 3 is 1.42 bits per heavy atom. The van der Waals surface area contributed by atoms with E-state index < -0.39 is 24.8 Å². The highest BCUT2D eigenvalue weighted by Crippen LogP contribution is 2.10. The molecule has 0 aromatic carbocycles. The molecule has 0 heterocycles. The van der Waals surface area contributed by atoms with Gasteiger partial charge in [0.05, 0.1) is 0 Å². The Morgan fingerprint density at radius 1 is 1.00 bits per heavy atom. The third-order valence-corrected chi connectivity index (χ3v) is 4.48. The van der Waals surface area contributed by atoms with E-state index in [0.29, 0.717) is 6.92 Å². The molecular weight excluding hydrogens is 216 g/mol. The Kier molecular flexibility index (Phi) is 3.56. The second kappa shape index (κ2) is 3.64. The second-order valence-corrected chi connectivity index (χ2v) is 5.68. The maximum atomic E-state index is 10.5. The third-order valence-electron chi connectivity index (χ3n) is 1.02. The van der Waals surface area contributed by atoms with Gasteiger partial charge in [-0.2, -0.15) is 16.8 Å². The van der Waals surface area contributed by atoms with Gasteiger partial charge in [-0.25, -0.2) is 10.5 Å². The highest BCUT2D eigenvalue weighted by atomic mass is 32.3. The van der Waals surface area contributed by atoms with Crippen molar-refractivity contribution in [3.05, 3.63) is 0 Å². The van der Waals surface area contributed by atoms with E-state index in [0.717, 1.165) is 0 Å². The minimum Gasteiger partial charge on any atom is -0.235 e. The summed E-state index contributed by atoms with van der Waals surface area (Å²) in [6.45, 7) is 0.650. The van der Waals surface area contributed by atoms with Crippen LogP contribution in [0.4, 0.5) is 0 Å². The molecule has 8 nitrogen and oxygen atoms in total. The Bertz CT molecular complexity index is 288. The van der Waals surface area contributed by atoms with Crippen LogP contribution in [0.15, 0.2) is 0 Å². The summed E-state index contributed by atoms with van der Waals surface area (Å²) in [5, 5.41) is 15.5. The molecule has 0 aliphatic rings. The smallest absolute Gasteiger partial charge is 0.235 e. The van der Waals surface area contributed by atoms with Crippen molar-refractivity contribution in [2.75, 3.05) is 0 Å². The zero-order valence-electron chi connectivity index (χ0n) is 5.74. The first-order chi connectivity index (χ1) is 5.28. The lowest BCUT2D eigenvalue weighted by molar-refractivity contribution is -0.136. The van der Waals surface area contributed by atoms with Crippen molar-refractivity contribution in [1.82, 2.24) is 0 Å². The largest absolute Gasteiger partial charge is 0.313 e. The van der Waals surface area contributed by atoms with Crippen LogP contribution >= 0.6 is 0 Å². The van der Waals surface area contributed by atoms with Gasteiger partial charge < -0.3 is 0 Å². The molecule has 0 rings (SSSR count).